The summed E-state index contributed by atoms with van der Waals surface area (Å²) in [7, 11) is 0. The lowest BCUT2D eigenvalue weighted by Gasteiger charge is -2.29. The van der Waals surface area contributed by atoms with Crippen LogP contribution < -0.4 is 11.3 Å². The van der Waals surface area contributed by atoms with Gasteiger partial charge in [0.25, 0.3) is 0 Å². The van der Waals surface area contributed by atoms with Crippen LogP contribution in [0, 0.1) is 5.92 Å². The molecule has 1 aliphatic rings. The SMILES string of the molecule is CCn1ncc(Cl)c1C(CC1CCC1)NN. The molecule has 0 spiro atoms. The van der Waals surface area contributed by atoms with Crippen LogP contribution in [-0.4, -0.2) is 9.78 Å². The van der Waals surface area contributed by atoms with Crippen molar-refractivity contribution in [1.29, 1.82) is 0 Å². The first-order valence-corrected chi connectivity index (χ1v) is 6.31. The van der Waals surface area contributed by atoms with Gasteiger partial charge in [0.05, 0.1) is 23.0 Å². The molecule has 0 saturated heterocycles. The van der Waals surface area contributed by atoms with E-state index in [9.17, 15) is 0 Å². The predicted octanol–water partition coefficient (Wildman–Crippen LogP) is 2.25. The first kappa shape index (κ1) is 11.9. The molecule has 2 rings (SSSR count). The number of aryl methyl sites for hydroxylation is 1. The summed E-state index contributed by atoms with van der Waals surface area (Å²) >= 11 is 6.16. The van der Waals surface area contributed by atoms with Crippen molar-refractivity contribution in [3.05, 3.63) is 16.9 Å². The zero-order chi connectivity index (χ0) is 11.5. The van der Waals surface area contributed by atoms with Crippen LogP contribution in [0.2, 0.25) is 5.02 Å². The van der Waals surface area contributed by atoms with Crippen LogP contribution in [-0.2, 0) is 6.54 Å². The molecule has 0 radical (unpaired) electrons. The maximum Gasteiger partial charge on any atom is 0.0834 e. The highest BCUT2D eigenvalue weighted by Crippen LogP contribution is 2.36. The van der Waals surface area contributed by atoms with Gasteiger partial charge in [0.1, 0.15) is 0 Å². The molecule has 0 aliphatic heterocycles. The normalized spacial score (nSPS) is 18.4. The Morgan fingerprint density at radius 3 is 2.94 bits per heavy atom. The molecule has 16 heavy (non-hydrogen) atoms. The van der Waals surface area contributed by atoms with Gasteiger partial charge in [-0.1, -0.05) is 30.9 Å². The number of hydrogen-bond donors (Lipinski definition) is 2. The number of halogens is 1. The standard InChI is InChI=1S/C11H19ClN4/c1-2-16-11(9(12)7-14-16)10(15-13)6-8-4-3-5-8/h7-8,10,15H,2-6,13H2,1H3. The van der Waals surface area contributed by atoms with Gasteiger partial charge < -0.3 is 0 Å². The van der Waals surface area contributed by atoms with E-state index < -0.39 is 0 Å². The van der Waals surface area contributed by atoms with E-state index in [2.05, 4.69) is 17.4 Å². The van der Waals surface area contributed by atoms with Gasteiger partial charge in [-0.2, -0.15) is 5.10 Å². The van der Waals surface area contributed by atoms with Crippen molar-refractivity contribution in [2.45, 2.75) is 45.2 Å². The molecule has 1 atom stereocenters. The molecule has 90 valence electrons. The van der Waals surface area contributed by atoms with Crippen LogP contribution in [0.3, 0.4) is 0 Å². The van der Waals surface area contributed by atoms with E-state index >= 15 is 0 Å². The Morgan fingerprint density at radius 1 is 1.69 bits per heavy atom. The highest BCUT2D eigenvalue weighted by atomic mass is 35.5. The van der Waals surface area contributed by atoms with Crippen LogP contribution in [0.5, 0.6) is 0 Å². The molecule has 1 aromatic rings. The predicted molar refractivity (Wildman–Crippen MR) is 64.9 cm³/mol. The molecular weight excluding hydrogens is 224 g/mol. The average molecular weight is 243 g/mol. The third-order valence-corrected chi connectivity index (χ3v) is 3.75. The van der Waals surface area contributed by atoms with E-state index in [1.165, 1.54) is 19.3 Å². The average Bonchev–Trinajstić information content (AvgIpc) is 2.59. The number of hydrogen-bond acceptors (Lipinski definition) is 3. The molecule has 0 aromatic carbocycles. The van der Waals surface area contributed by atoms with Gasteiger partial charge >= 0.3 is 0 Å². The number of aromatic nitrogens is 2. The molecule has 1 fully saturated rings. The van der Waals surface area contributed by atoms with Gasteiger partial charge in [-0.15, -0.1) is 0 Å². The number of rotatable bonds is 5. The molecule has 1 unspecified atom stereocenters. The third kappa shape index (κ3) is 2.24. The van der Waals surface area contributed by atoms with E-state index in [1.807, 2.05) is 4.68 Å². The summed E-state index contributed by atoms with van der Waals surface area (Å²) in [5.74, 6) is 6.42. The molecule has 0 bridgehead atoms. The minimum Gasteiger partial charge on any atom is -0.271 e. The number of nitrogens with two attached hydrogens (primary N) is 1. The lowest BCUT2D eigenvalue weighted by molar-refractivity contribution is 0.257. The van der Waals surface area contributed by atoms with Crippen LogP contribution in [0.1, 0.15) is 44.3 Å². The highest BCUT2D eigenvalue weighted by Gasteiger charge is 2.26. The van der Waals surface area contributed by atoms with Gasteiger partial charge in [0.2, 0.25) is 0 Å². The molecule has 3 N–H and O–H groups in total. The molecule has 0 amide bonds. The Hall–Kier alpha value is -0.580. The summed E-state index contributed by atoms with van der Waals surface area (Å²) < 4.78 is 1.92. The Balaban J connectivity index is 2.13. The van der Waals surface area contributed by atoms with Gasteiger partial charge in [-0.3, -0.25) is 16.0 Å². The fourth-order valence-electron chi connectivity index (χ4n) is 2.29. The molecule has 4 nitrogen and oxygen atoms in total. The topological polar surface area (TPSA) is 55.9 Å². The number of hydrazine groups is 1. The molecule has 5 heteroatoms. The third-order valence-electron chi connectivity index (χ3n) is 3.46. The van der Waals surface area contributed by atoms with E-state index in [0.717, 1.165) is 24.6 Å². The van der Waals surface area contributed by atoms with E-state index in [1.54, 1.807) is 6.20 Å². The van der Waals surface area contributed by atoms with Gasteiger partial charge in [-0.05, 0) is 19.3 Å². The largest absolute Gasteiger partial charge is 0.271 e. The van der Waals surface area contributed by atoms with Gasteiger partial charge in [-0.25, -0.2) is 0 Å². The minimum absolute atomic E-state index is 0.125. The zero-order valence-electron chi connectivity index (χ0n) is 9.62. The quantitative estimate of drug-likeness (QED) is 0.615. The fraction of sp³-hybridized carbons (Fsp3) is 0.727. The summed E-state index contributed by atoms with van der Waals surface area (Å²) in [6.45, 7) is 2.88. The second kappa shape index (κ2) is 5.17. The van der Waals surface area contributed by atoms with E-state index in [0.29, 0.717) is 5.02 Å². The molecule has 1 heterocycles. The smallest absolute Gasteiger partial charge is 0.0834 e. The highest BCUT2D eigenvalue weighted by molar-refractivity contribution is 6.31. The van der Waals surface area contributed by atoms with Crippen molar-refractivity contribution in [2.75, 3.05) is 0 Å². The van der Waals surface area contributed by atoms with Crippen molar-refractivity contribution in [2.24, 2.45) is 11.8 Å². The van der Waals surface area contributed by atoms with Crippen LogP contribution in [0.25, 0.3) is 0 Å². The van der Waals surface area contributed by atoms with Crippen molar-refractivity contribution in [3.63, 3.8) is 0 Å². The Labute approximate surface area is 101 Å². The molecule has 1 aromatic heterocycles. The van der Waals surface area contributed by atoms with Crippen molar-refractivity contribution >= 4 is 11.6 Å². The summed E-state index contributed by atoms with van der Waals surface area (Å²) in [5.41, 5.74) is 3.90. The molecular formula is C11H19ClN4. The minimum atomic E-state index is 0.125. The summed E-state index contributed by atoms with van der Waals surface area (Å²) in [6, 6.07) is 0.125. The Morgan fingerprint density at radius 2 is 2.44 bits per heavy atom. The van der Waals surface area contributed by atoms with E-state index in [-0.39, 0.29) is 6.04 Å². The summed E-state index contributed by atoms with van der Waals surface area (Å²) in [6.07, 6.45) is 6.74. The maximum absolute atomic E-state index is 6.16. The van der Waals surface area contributed by atoms with E-state index in [4.69, 9.17) is 17.4 Å². The molecule has 1 saturated carbocycles. The fourth-order valence-corrected chi connectivity index (χ4v) is 2.56. The zero-order valence-corrected chi connectivity index (χ0v) is 10.4. The second-order valence-corrected chi connectivity index (χ2v) is 4.85. The van der Waals surface area contributed by atoms with Crippen molar-refractivity contribution < 1.29 is 0 Å². The maximum atomic E-state index is 6.16. The molecule has 1 aliphatic carbocycles. The number of nitrogens with one attached hydrogen (secondary N) is 1. The summed E-state index contributed by atoms with van der Waals surface area (Å²) in [5, 5.41) is 4.96. The Kier molecular flexibility index (Phi) is 3.84. The van der Waals surface area contributed by atoms with Crippen molar-refractivity contribution in [1.82, 2.24) is 15.2 Å². The number of nitrogens with zero attached hydrogens (tertiary/aromatic N) is 2. The van der Waals surface area contributed by atoms with Crippen LogP contribution >= 0.6 is 11.6 Å². The van der Waals surface area contributed by atoms with Crippen molar-refractivity contribution in [3.8, 4) is 0 Å². The first-order chi connectivity index (χ1) is 7.76. The van der Waals surface area contributed by atoms with Gasteiger partial charge in [0.15, 0.2) is 0 Å². The lowest BCUT2D eigenvalue weighted by atomic mass is 9.80. The lowest BCUT2D eigenvalue weighted by Crippen LogP contribution is -2.32. The monoisotopic (exact) mass is 242 g/mol. The van der Waals surface area contributed by atoms with Crippen LogP contribution in [0.4, 0.5) is 0 Å². The first-order valence-electron chi connectivity index (χ1n) is 5.93. The summed E-state index contributed by atoms with van der Waals surface area (Å²) in [4.78, 5) is 0. The Bertz CT molecular complexity index is 346. The second-order valence-electron chi connectivity index (χ2n) is 4.45. The van der Waals surface area contributed by atoms with Crippen LogP contribution in [0.15, 0.2) is 6.20 Å². The van der Waals surface area contributed by atoms with Gasteiger partial charge in [0, 0.05) is 6.54 Å².